The molecule has 3 heterocycles. The Hall–Kier alpha value is -3.49. The highest BCUT2D eigenvalue weighted by atomic mass is 16.2. The Labute approximate surface area is 141 Å². The lowest BCUT2D eigenvalue weighted by atomic mass is 10.2. The van der Waals surface area contributed by atoms with Gasteiger partial charge in [-0.25, -0.2) is 9.78 Å². The van der Waals surface area contributed by atoms with Gasteiger partial charge in [-0.1, -0.05) is 6.07 Å². The molecule has 0 aliphatic rings. The van der Waals surface area contributed by atoms with Crippen LogP contribution in [0.4, 0.5) is 5.82 Å². The number of hydrogen-bond acceptors (Lipinski definition) is 5. The van der Waals surface area contributed by atoms with Gasteiger partial charge in [-0.2, -0.15) is 0 Å². The molecule has 25 heavy (non-hydrogen) atoms. The third-order valence-electron chi connectivity index (χ3n) is 3.41. The molecule has 2 amide bonds. The number of hydrogen-bond donors (Lipinski definition) is 4. The van der Waals surface area contributed by atoms with E-state index in [1.54, 1.807) is 30.5 Å². The molecule has 0 atom stereocenters. The molecule has 0 fully saturated rings. The summed E-state index contributed by atoms with van der Waals surface area (Å²) in [5.74, 6) is -0.265. The van der Waals surface area contributed by atoms with Gasteiger partial charge in [0.25, 0.3) is 0 Å². The molecule has 0 saturated carbocycles. The summed E-state index contributed by atoms with van der Waals surface area (Å²) in [4.78, 5) is 48.1. The van der Waals surface area contributed by atoms with Crippen molar-refractivity contribution in [3.05, 3.63) is 52.7 Å². The van der Waals surface area contributed by atoms with Crippen LogP contribution in [-0.4, -0.2) is 31.8 Å². The number of H-pyrrole nitrogens is 2. The molecule has 0 radical (unpaired) electrons. The number of aromatic amines is 2. The fraction of sp³-hybridized carbons (Fsp3) is 0.188. The van der Waals surface area contributed by atoms with Crippen molar-refractivity contribution in [1.29, 1.82) is 0 Å². The zero-order valence-electron chi connectivity index (χ0n) is 13.2. The van der Waals surface area contributed by atoms with Crippen molar-refractivity contribution in [2.45, 2.75) is 19.4 Å². The number of pyridine rings is 2. The van der Waals surface area contributed by atoms with Crippen LogP contribution in [0.25, 0.3) is 11.2 Å². The van der Waals surface area contributed by atoms with Crippen LogP contribution in [0.5, 0.6) is 0 Å². The van der Waals surface area contributed by atoms with E-state index < -0.39 is 0 Å². The first-order chi connectivity index (χ1) is 12.1. The van der Waals surface area contributed by atoms with Crippen LogP contribution in [0.2, 0.25) is 0 Å². The molecule has 9 heteroatoms. The van der Waals surface area contributed by atoms with Gasteiger partial charge < -0.3 is 15.6 Å². The molecular weight excluding hydrogens is 324 g/mol. The Morgan fingerprint density at radius 2 is 1.88 bits per heavy atom. The van der Waals surface area contributed by atoms with Gasteiger partial charge in [0.1, 0.15) is 5.82 Å². The molecule has 0 aliphatic carbocycles. The van der Waals surface area contributed by atoms with E-state index in [9.17, 15) is 14.4 Å². The van der Waals surface area contributed by atoms with Crippen LogP contribution in [0.3, 0.4) is 0 Å². The third-order valence-corrected chi connectivity index (χ3v) is 3.41. The number of nitrogens with zero attached hydrogens (tertiary/aromatic N) is 2. The second kappa shape index (κ2) is 7.39. The predicted octanol–water partition coefficient (Wildman–Crippen LogP) is 0.681. The van der Waals surface area contributed by atoms with Crippen molar-refractivity contribution in [3.8, 4) is 0 Å². The largest absolute Gasteiger partial charge is 0.350 e. The molecule has 128 valence electrons. The number of imidazole rings is 1. The van der Waals surface area contributed by atoms with Gasteiger partial charge in [0.15, 0.2) is 5.65 Å². The Kier molecular flexibility index (Phi) is 4.84. The number of aromatic nitrogens is 4. The van der Waals surface area contributed by atoms with E-state index in [0.717, 1.165) is 5.69 Å². The first kappa shape index (κ1) is 16.4. The molecule has 0 unspecified atom stereocenters. The minimum Gasteiger partial charge on any atom is -0.350 e. The van der Waals surface area contributed by atoms with Crippen LogP contribution in [0.1, 0.15) is 18.5 Å². The minimum absolute atomic E-state index is 0.0252. The predicted molar refractivity (Wildman–Crippen MR) is 90.7 cm³/mol. The lowest BCUT2D eigenvalue weighted by Crippen LogP contribution is -2.24. The molecule has 0 spiro atoms. The number of fused-ring (bicyclic) bond motifs is 1. The summed E-state index contributed by atoms with van der Waals surface area (Å²) in [6.45, 7) is 0.320. The van der Waals surface area contributed by atoms with E-state index in [4.69, 9.17) is 0 Å². The fourth-order valence-electron chi connectivity index (χ4n) is 2.20. The monoisotopic (exact) mass is 340 g/mol. The zero-order valence-corrected chi connectivity index (χ0v) is 13.2. The fourth-order valence-corrected chi connectivity index (χ4v) is 2.20. The summed E-state index contributed by atoms with van der Waals surface area (Å²) in [7, 11) is 0. The highest BCUT2D eigenvalue weighted by Crippen LogP contribution is 2.10. The molecule has 9 nitrogen and oxygen atoms in total. The molecule has 3 aromatic rings. The third kappa shape index (κ3) is 4.50. The van der Waals surface area contributed by atoms with Crippen LogP contribution in [-0.2, 0) is 16.1 Å². The molecule has 0 aliphatic heterocycles. The summed E-state index contributed by atoms with van der Waals surface area (Å²) < 4.78 is 0. The van der Waals surface area contributed by atoms with Gasteiger partial charge in [-0.3, -0.25) is 19.6 Å². The van der Waals surface area contributed by atoms with Gasteiger partial charge >= 0.3 is 5.69 Å². The number of anilines is 1. The normalized spacial score (nSPS) is 10.6. The smallest absolute Gasteiger partial charge is 0.325 e. The first-order valence-corrected chi connectivity index (χ1v) is 7.65. The second-order valence-electron chi connectivity index (χ2n) is 5.32. The van der Waals surface area contributed by atoms with Crippen molar-refractivity contribution in [2.75, 3.05) is 5.32 Å². The quantitative estimate of drug-likeness (QED) is 0.524. The zero-order chi connectivity index (χ0) is 17.6. The number of amides is 2. The number of nitrogens with one attached hydrogen (secondary N) is 4. The molecule has 0 aromatic carbocycles. The molecule has 3 aromatic heterocycles. The maximum absolute atomic E-state index is 11.9. The van der Waals surface area contributed by atoms with Gasteiger partial charge in [-0.05, 0) is 24.3 Å². The number of carbonyl (C=O) groups excluding carboxylic acids is 2. The van der Waals surface area contributed by atoms with Crippen molar-refractivity contribution < 1.29 is 9.59 Å². The lowest BCUT2D eigenvalue weighted by molar-refractivity contribution is -0.124. The second-order valence-corrected chi connectivity index (χ2v) is 5.32. The van der Waals surface area contributed by atoms with E-state index >= 15 is 0 Å². The molecular formula is C16H16N6O3. The Bertz CT molecular complexity index is 947. The van der Waals surface area contributed by atoms with Crippen molar-refractivity contribution >= 4 is 28.8 Å². The van der Waals surface area contributed by atoms with Gasteiger partial charge in [0.05, 0.1) is 17.8 Å². The summed E-state index contributed by atoms with van der Waals surface area (Å²) in [6.07, 6.45) is 1.73. The molecule has 4 N–H and O–H groups in total. The van der Waals surface area contributed by atoms with E-state index in [0.29, 0.717) is 23.5 Å². The van der Waals surface area contributed by atoms with Crippen molar-refractivity contribution in [1.82, 2.24) is 25.3 Å². The van der Waals surface area contributed by atoms with Crippen LogP contribution in [0.15, 0.2) is 41.3 Å². The highest BCUT2D eigenvalue weighted by Gasteiger charge is 2.09. The Morgan fingerprint density at radius 3 is 2.68 bits per heavy atom. The Balaban J connectivity index is 1.46. The van der Waals surface area contributed by atoms with Crippen LogP contribution >= 0.6 is 0 Å². The van der Waals surface area contributed by atoms with Gasteiger partial charge in [0, 0.05) is 19.0 Å². The topological polar surface area (TPSA) is 133 Å². The Morgan fingerprint density at radius 1 is 1.04 bits per heavy atom. The first-order valence-electron chi connectivity index (χ1n) is 7.65. The molecule has 3 rings (SSSR count). The molecule has 0 saturated heterocycles. The van der Waals surface area contributed by atoms with Crippen molar-refractivity contribution in [3.63, 3.8) is 0 Å². The maximum atomic E-state index is 11.9. The molecule has 0 bridgehead atoms. The number of rotatable bonds is 6. The highest BCUT2D eigenvalue weighted by molar-refractivity contribution is 5.93. The van der Waals surface area contributed by atoms with Crippen molar-refractivity contribution in [2.24, 2.45) is 0 Å². The number of carbonyl (C=O) groups is 2. The van der Waals surface area contributed by atoms with E-state index in [1.807, 2.05) is 6.07 Å². The van der Waals surface area contributed by atoms with E-state index in [1.165, 1.54) is 0 Å². The maximum Gasteiger partial charge on any atom is 0.325 e. The van der Waals surface area contributed by atoms with Crippen LogP contribution in [0, 0.1) is 0 Å². The summed E-state index contributed by atoms with van der Waals surface area (Å²) in [5.41, 5.74) is 1.29. The summed E-state index contributed by atoms with van der Waals surface area (Å²) in [5, 5.41) is 5.30. The summed E-state index contributed by atoms with van der Waals surface area (Å²) in [6, 6.07) is 8.65. The summed E-state index contributed by atoms with van der Waals surface area (Å²) >= 11 is 0. The lowest BCUT2D eigenvalue weighted by Gasteiger charge is -2.06. The van der Waals surface area contributed by atoms with E-state index in [-0.39, 0.29) is 30.3 Å². The average molecular weight is 340 g/mol. The van der Waals surface area contributed by atoms with Crippen LogP contribution < -0.4 is 16.3 Å². The van der Waals surface area contributed by atoms with Gasteiger partial charge in [0.2, 0.25) is 11.8 Å². The standard InChI is InChI=1S/C16H16N6O3/c23-13(18-9-10-3-1-2-8-17-10)6-7-14(24)20-12-5-4-11-15(21-12)22-16(25)19-11/h1-5,8H,6-7,9H2,(H,18,23)(H3,19,20,21,22,24,25). The van der Waals surface area contributed by atoms with Gasteiger partial charge in [-0.15, -0.1) is 0 Å². The minimum atomic E-state index is -0.365. The van der Waals surface area contributed by atoms with E-state index in [2.05, 4.69) is 30.6 Å². The average Bonchev–Trinajstić information content (AvgIpc) is 2.98. The SMILES string of the molecule is O=C(CCC(=O)Nc1ccc2[nH]c(=O)[nH]c2n1)NCc1ccccn1.